The first-order valence-corrected chi connectivity index (χ1v) is 31.6. The molecule has 478 valence electrons. The fourth-order valence-electron chi connectivity index (χ4n) is 13.6. The second kappa shape index (κ2) is 29.7. The zero-order valence-corrected chi connectivity index (χ0v) is 50.9. The highest BCUT2D eigenvalue weighted by atomic mass is 19.3. The van der Waals surface area contributed by atoms with Crippen molar-refractivity contribution in [2.24, 2.45) is 23.2 Å². The average Bonchev–Trinajstić information content (AvgIpc) is 1.69. The predicted molar refractivity (Wildman–Crippen MR) is 320 cm³/mol. The summed E-state index contributed by atoms with van der Waals surface area (Å²) in [5, 5.41) is 26.8. The number of likely N-dealkylation sites (tertiary alicyclic amines) is 2. The molecule has 8 atom stereocenters. The molecule has 2 saturated heterocycles. The van der Waals surface area contributed by atoms with E-state index in [1.54, 1.807) is 47.8 Å². The number of nitrogens with zero attached hydrogens (tertiary/aromatic N) is 5. The fourth-order valence-corrected chi connectivity index (χ4v) is 13.6. The molecule has 24 heteroatoms. The maximum atomic E-state index is 14.7. The van der Waals surface area contributed by atoms with Crippen LogP contribution < -0.4 is 26.6 Å². The number of aryl methyl sites for hydroxylation is 1. The molecule has 0 bridgehead atoms. The molecule has 4 fully saturated rings. The molecule has 0 radical (unpaired) electrons. The van der Waals surface area contributed by atoms with Crippen LogP contribution in [-0.4, -0.2) is 188 Å². The molecule has 10 rings (SSSR count). The first kappa shape index (κ1) is 64.3. The van der Waals surface area contributed by atoms with E-state index in [0.717, 1.165) is 62.5 Å². The number of rotatable bonds is 31. The van der Waals surface area contributed by atoms with Gasteiger partial charge in [0, 0.05) is 73.2 Å². The number of halogens is 2. The van der Waals surface area contributed by atoms with E-state index in [4.69, 9.17) is 23.7 Å². The van der Waals surface area contributed by atoms with Gasteiger partial charge in [0.1, 0.15) is 12.1 Å². The van der Waals surface area contributed by atoms with Crippen molar-refractivity contribution in [3.63, 3.8) is 0 Å². The van der Waals surface area contributed by atoms with E-state index in [-0.39, 0.29) is 118 Å². The zero-order valence-electron chi connectivity index (χ0n) is 50.9. The SMILES string of the molecule is CN[C@@H](C)C(=O)N[C@H](C(=O)N1C[C@@H](NC(=O)CCOCCOCCOCCOCCOCCC(=O)N2CC([C@@H](c3ccccc3)n3cc(NC(=O)c4n[nH]c5c4C[C@@H]4C(F)(F)[C@]4(C)C5)cn3)C2)C[C@H]1C(=O)N[C@@H]1CCCc2ccccc21)C1CCCCC1. The Balaban J connectivity index is 0.564. The van der Waals surface area contributed by atoms with Crippen molar-refractivity contribution in [2.75, 3.05) is 98.1 Å². The van der Waals surface area contributed by atoms with E-state index >= 15 is 0 Å². The van der Waals surface area contributed by atoms with Crippen LogP contribution in [0.2, 0.25) is 0 Å². The van der Waals surface area contributed by atoms with Crippen molar-refractivity contribution in [3.8, 4) is 0 Å². The number of anilines is 1. The van der Waals surface area contributed by atoms with Gasteiger partial charge in [0.05, 0.1) is 102 Å². The molecular weight excluding hydrogens is 1140 g/mol. The van der Waals surface area contributed by atoms with E-state index in [0.29, 0.717) is 76.3 Å². The summed E-state index contributed by atoms with van der Waals surface area (Å²) in [6.07, 6.45) is 11.4. The van der Waals surface area contributed by atoms with Crippen molar-refractivity contribution in [3.05, 3.63) is 101 Å². The van der Waals surface area contributed by atoms with E-state index in [2.05, 4.69) is 47.9 Å². The maximum absolute atomic E-state index is 14.7. The molecule has 4 heterocycles. The van der Waals surface area contributed by atoms with Crippen LogP contribution in [0.5, 0.6) is 0 Å². The normalized spacial score (nSPS) is 23.1. The van der Waals surface area contributed by atoms with Gasteiger partial charge in [-0.25, -0.2) is 8.78 Å². The molecule has 2 saturated carbocycles. The van der Waals surface area contributed by atoms with Gasteiger partial charge in [-0.1, -0.05) is 80.8 Å². The number of aromatic amines is 1. The van der Waals surface area contributed by atoms with Crippen molar-refractivity contribution >= 4 is 41.1 Å². The minimum absolute atomic E-state index is 0.0146. The summed E-state index contributed by atoms with van der Waals surface area (Å²) in [4.78, 5) is 85.3. The van der Waals surface area contributed by atoms with Gasteiger partial charge in [0.25, 0.3) is 11.8 Å². The summed E-state index contributed by atoms with van der Waals surface area (Å²) in [5.74, 6) is -5.14. The van der Waals surface area contributed by atoms with Gasteiger partial charge in [-0.2, -0.15) is 10.2 Å². The zero-order chi connectivity index (χ0) is 61.8. The lowest BCUT2D eigenvalue weighted by atomic mass is 9.83. The third-order valence-electron chi connectivity index (χ3n) is 18.9. The Bertz CT molecular complexity index is 3030. The predicted octanol–water partition coefficient (Wildman–Crippen LogP) is 5.09. The molecule has 0 unspecified atom stereocenters. The van der Waals surface area contributed by atoms with Crippen LogP contribution in [0.4, 0.5) is 14.5 Å². The smallest absolute Gasteiger partial charge is 0.276 e. The van der Waals surface area contributed by atoms with Crippen molar-refractivity contribution in [1.29, 1.82) is 0 Å². The van der Waals surface area contributed by atoms with Crippen LogP contribution >= 0.6 is 0 Å². The lowest BCUT2D eigenvalue weighted by Crippen LogP contribution is -2.58. The molecule has 6 N–H and O–H groups in total. The highest BCUT2D eigenvalue weighted by Gasteiger charge is 2.78. The van der Waals surface area contributed by atoms with Crippen LogP contribution in [-0.2, 0) is 66.9 Å². The third kappa shape index (κ3) is 15.3. The molecule has 88 heavy (non-hydrogen) atoms. The number of carbonyl (C=O) groups is 6. The van der Waals surface area contributed by atoms with Gasteiger partial charge in [-0.3, -0.25) is 38.5 Å². The number of hydrogen-bond acceptors (Lipinski definition) is 14. The number of benzene rings is 2. The maximum Gasteiger partial charge on any atom is 0.276 e. The quantitative estimate of drug-likeness (QED) is 0.0359. The Morgan fingerprint density at radius 1 is 0.773 bits per heavy atom. The second-order valence-corrected chi connectivity index (χ2v) is 24.7. The van der Waals surface area contributed by atoms with Gasteiger partial charge < -0.3 is 60.1 Å². The van der Waals surface area contributed by atoms with Crippen LogP contribution in [0.1, 0.15) is 129 Å². The molecule has 6 aliphatic rings. The number of hydrogen-bond donors (Lipinski definition) is 6. The van der Waals surface area contributed by atoms with Crippen molar-refractivity contribution in [2.45, 2.75) is 139 Å². The summed E-state index contributed by atoms with van der Waals surface area (Å²) in [5.41, 5.74) is 3.90. The molecule has 6 amide bonds. The van der Waals surface area contributed by atoms with E-state index < -0.39 is 47.3 Å². The molecule has 0 spiro atoms. The number of nitrogens with one attached hydrogen (secondary N) is 6. The number of fused-ring (bicyclic) bond motifs is 3. The molecule has 4 aliphatic carbocycles. The standard InChI is InChI=1S/C64H87F2N11O11/c1-41(67-3)59(80)72-56(43-14-6-4-7-15-43)62(83)76-39-46(33-52(76)60(81)71-50-20-12-18-42-13-10-11-19-48(42)50)69-54(78)21-23-84-25-27-86-29-31-88-32-30-87-28-26-85-24-22-55(79)75-37-45(38-75)58(44-16-8-5-9-17-44)77-40-47(36-68-77)70-61(82)57-49-34-53-63(2,64(53,65)66)35-51(49)73-74-57/h5,8-11,13,16-17,19,36,40-41,43,45-46,50,52-53,56,58,67H,4,6-7,12,14-15,18,20-35,37-39H2,1-3H3,(H,69,78)(H,70,82)(H,71,81)(H,72,80)(H,73,74)/t41-,46-,50+,52-,53-,56-,58+,63+/m0/s1. The van der Waals surface area contributed by atoms with Gasteiger partial charge in [0.2, 0.25) is 29.5 Å². The van der Waals surface area contributed by atoms with Crippen LogP contribution in [0.3, 0.4) is 0 Å². The number of likely N-dealkylation sites (N-methyl/N-ethyl adjacent to an activating group) is 1. The summed E-state index contributed by atoms with van der Waals surface area (Å²) in [6, 6.07) is 15.0. The Morgan fingerprint density at radius 3 is 2.12 bits per heavy atom. The Hall–Kier alpha value is -6.70. The van der Waals surface area contributed by atoms with Gasteiger partial charge in [-0.15, -0.1) is 0 Å². The van der Waals surface area contributed by atoms with Crippen molar-refractivity contribution < 1.29 is 61.2 Å². The average molecular weight is 1220 g/mol. The van der Waals surface area contributed by atoms with Crippen LogP contribution in [0, 0.1) is 23.2 Å². The number of ether oxygens (including phenoxy) is 5. The molecule has 4 aromatic rings. The number of H-pyrrole nitrogens is 1. The molecule has 22 nitrogen and oxygen atoms in total. The monoisotopic (exact) mass is 1220 g/mol. The lowest BCUT2D eigenvalue weighted by Gasteiger charge is -2.43. The second-order valence-electron chi connectivity index (χ2n) is 24.7. The van der Waals surface area contributed by atoms with Crippen molar-refractivity contribution in [1.82, 2.24) is 51.0 Å². The number of carbonyl (C=O) groups excluding carboxylic acids is 6. The first-order valence-electron chi connectivity index (χ1n) is 31.6. The number of aromatic nitrogens is 4. The van der Waals surface area contributed by atoms with Crippen LogP contribution in [0.15, 0.2) is 67.0 Å². The topological polar surface area (TPSA) is 262 Å². The molecule has 2 aromatic carbocycles. The van der Waals surface area contributed by atoms with Crippen LogP contribution in [0.25, 0.3) is 0 Å². The molecule has 2 aliphatic heterocycles. The Morgan fingerprint density at radius 2 is 1.43 bits per heavy atom. The third-order valence-corrected chi connectivity index (χ3v) is 18.9. The van der Waals surface area contributed by atoms with Gasteiger partial charge in [0.15, 0.2) is 5.69 Å². The minimum Gasteiger partial charge on any atom is -0.379 e. The largest absolute Gasteiger partial charge is 0.379 e. The summed E-state index contributed by atoms with van der Waals surface area (Å²) in [6.45, 7) is 7.60. The first-order chi connectivity index (χ1) is 42.6. The summed E-state index contributed by atoms with van der Waals surface area (Å²) < 4.78 is 59.1. The molecule has 2 aromatic heterocycles. The van der Waals surface area contributed by atoms with E-state index in [1.807, 2.05) is 48.5 Å². The minimum atomic E-state index is -2.76. The number of alkyl halides is 2. The van der Waals surface area contributed by atoms with E-state index in [1.165, 1.54) is 5.56 Å². The fraction of sp³-hybridized carbons (Fsp3) is 0.625. The Labute approximate surface area is 512 Å². The number of amides is 6. The highest BCUT2D eigenvalue weighted by Crippen LogP contribution is 2.70. The summed E-state index contributed by atoms with van der Waals surface area (Å²) in [7, 11) is 1.70. The van der Waals surface area contributed by atoms with Gasteiger partial charge in [-0.05, 0) is 81.5 Å². The Kier molecular flexibility index (Phi) is 21.7. The lowest BCUT2D eigenvalue weighted by molar-refractivity contribution is -0.143. The van der Waals surface area contributed by atoms with E-state index in [9.17, 15) is 37.5 Å². The van der Waals surface area contributed by atoms with Gasteiger partial charge >= 0.3 is 0 Å². The highest BCUT2D eigenvalue weighted by molar-refractivity contribution is 6.04. The summed E-state index contributed by atoms with van der Waals surface area (Å²) >= 11 is 0. The molecular formula is C64H87F2N11O11.